The summed E-state index contributed by atoms with van der Waals surface area (Å²) in [5.74, 6) is 0.622. The average Bonchev–Trinajstić information content (AvgIpc) is 3.09. The molecule has 1 fully saturated rings. The second kappa shape index (κ2) is 8.40. The molecule has 1 amide bonds. The summed E-state index contributed by atoms with van der Waals surface area (Å²) in [6.07, 6.45) is 1.95. The topological polar surface area (TPSA) is 66.9 Å². The van der Waals surface area contributed by atoms with Crippen molar-refractivity contribution in [1.82, 2.24) is 4.31 Å². The number of hydrogen-bond acceptors (Lipinski definition) is 4. The van der Waals surface area contributed by atoms with Crippen LogP contribution < -0.4 is 9.64 Å². The Balaban J connectivity index is 1.43. The lowest BCUT2D eigenvalue weighted by atomic mass is 9.96. The Morgan fingerprint density at radius 2 is 1.73 bits per heavy atom. The van der Waals surface area contributed by atoms with E-state index >= 15 is 0 Å². The van der Waals surface area contributed by atoms with E-state index in [1.165, 1.54) is 9.87 Å². The number of carbonyl (C=O) groups excluding carboxylic acids is 1. The number of ether oxygens (including phenoxy) is 1. The number of carbonyl (C=O) groups is 1. The summed E-state index contributed by atoms with van der Waals surface area (Å²) in [7, 11) is -3.57. The zero-order valence-electron chi connectivity index (χ0n) is 17.5. The van der Waals surface area contributed by atoms with Crippen LogP contribution in [0.1, 0.15) is 32.3 Å². The van der Waals surface area contributed by atoms with Crippen LogP contribution in [0, 0.1) is 5.92 Å². The monoisotopic (exact) mass is 428 g/mol. The second-order valence-corrected chi connectivity index (χ2v) is 9.91. The summed E-state index contributed by atoms with van der Waals surface area (Å²) in [6, 6.07) is 14.7. The molecule has 4 rings (SSSR count). The van der Waals surface area contributed by atoms with Crippen LogP contribution in [0.25, 0.3) is 0 Å². The van der Waals surface area contributed by atoms with Gasteiger partial charge in [-0.2, -0.15) is 4.31 Å². The number of benzene rings is 2. The number of nitrogens with zero attached hydrogens (tertiary/aromatic N) is 2. The maximum atomic E-state index is 13.2. The Bertz CT molecular complexity index is 1010. The number of anilines is 1. The van der Waals surface area contributed by atoms with Gasteiger partial charge in [0.05, 0.1) is 11.5 Å². The van der Waals surface area contributed by atoms with Crippen molar-refractivity contribution in [3.63, 3.8) is 0 Å². The van der Waals surface area contributed by atoms with Crippen LogP contribution in [0.4, 0.5) is 5.69 Å². The normalized spacial score (nSPS) is 20.2. The average molecular weight is 429 g/mol. The fourth-order valence-corrected chi connectivity index (χ4v) is 5.93. The summed E-state index contributed by atoms with van der Waals surface area (Å²) >= 11 is 0. The Labute approximate surface area is 178 Å². The molecule has 7 heteroatoms. The number of piperidine rings is 1. The summed E-state index contributed by atoms with van der Waals surface area (Å²) in [4.78, 5) is 15.4. The molecule has 0 N–H and O–H groups in total. The fourth-order valence-electron chi connectivity index (χ4n) is 4.46. The van der Waals surface area contributed by atoms with Gasteiger partial charge in [0.1, 0.15) is 5.75 Å². The second-order valence-electron chi connectivity index (χ2n) is 7.97. The van der Waals surface area contributed by atoms with E-state index in [9.17, 15) is 13.2 Å². The van der Waals surface area contributed by atoms with Gasteiger partial charge in [-0.1, -0.05) is 18.2 Å². The van der Waals surface area contributed by atoms with E-state index in [4.69, 9.17) is 4.74 Å². The highest BCUT2D eigenvalue weighted by Gasteiger charge is 2.38. The molecule has 160 valence electrons. The molecular formula is C23H28N2O4S. The molecule has 2 heterocycles. The molecule has 1 unspecified atom stereocenters. The van der Waals surface area contributed by atoms with E-state index in [1.54, 1.807) is 24.3 Å². The first-order chi connectivity index (χ1) is 14.4. The van der Waals surface area contributed by atoms with Crippen molar-refractivity contribution >= 4 is 21.6 Å². The lowest BCUT2D eigenvalue weighted by Crippen LogP contribution is -2.46. The van der Waals surface area contributed by atoms with Crippen LogP contribution in [0.2, 0.25) is 0 Å². The number of amides is 1. The van der Waals surface area contributed by atoms with Crippen LogP contribution in [-0.4, -0.2) is 44.4 Å². The van der Waals surface area contributed by atoms with Gasteiger partial charge in [0, 0.05) is 30.7 Å². The summed E-state index contributed by atoms with van der Waals surface area (Å²) < 4.78 is 32.9. The van der Waals surface area contributed by atoms with Crippen molar-refractivity contribution in [2.24, 2.45) is 5.92 Å². The van der Waals surface area contributed by atoms with Crippen molar-refractivity contribution in [2.45, 2.75) is 44.0 Å². The van der Waals surface area contributed by atoms with E-state index < -0.39 is 10.0 Å². The first kappa shape index (κ1) is 20.9. The van der Waals surface area contributed by atoms with E-state index in [2.05, 4.69) is 13.0 Å². The SMILES string of the molecule is CCOc1ccc(S(=O)(=O)N2CCC(C(=O)N3c4ccccc4CC3C)CC2)cc1. The molecule has 0 spiro atoms. The molecule has 30 heavy (non-hydrogen) atoms. The van der Waals surface area contributed by atoms with Gasteiger partial charge in [-0.3, -0.25) is 4.79 Å². The molecule has 0 aromatic heterocycles. The maximum absolute atomic E-state index is 13.2. The number of rotatable bonds is 5. The van der Waals surface area contributed by atoms with E-state index in [1.807, 2.05) is 30.0 Å². The third-order valence-electron chi connectivity index (χ3n) is 6.02. The van der Waals surface area contributed by atoms with E-state index in [0.29, 0.717) is 38.3 Å². The highest BCUT2D eigenvalue weighted by molar-refractivity contribution is 7.89. The Morgan fingerprint density at radius 3 is 2.40 bits per heavy atom. The van der Waals surface area contributed by atoms with Gasteiger partial charge in [0.2, 0.25) is 15.9 Å². The first-order valence-electron chi connectivity index (χ1n) is 10.6. The van der Waals surface area contributed by atoms with Crippen molar-refractivity contribution < 1.29 is 17.9 Å². The summed E-state index contributed by atoms with van der Waals surface area (Å²) in [6.45, 7) is 5.21. The zero-order valence-corrected chi connectivity index (χ0v) is 18.3. The van der Waals surface area contributed by atoms with E-state index in [-0.39, 0.29) is 22.8 Å². The van der Waals surface area contributed by atoms with E-state index in [0.717, 1.165) is 12.1 Å². The van der Waals surface area contributed by atoms with Crippen molar-refractivity contribution in [3.05, 3.63) is 54.1 Å². The number of para-hydroxylation sites is 1. The van der Waals surface area contributed by atoms with Crippen molar-refractivity contribution in [2.75, 3.05) is 24.6 Å². The van der Waals surface area contributed by atoms with Gasteiger partial charge in [-0.25, -0.2) is 8.42 Å². The predicted molar refractivity (Wildman–Crippen MR) is 116 cm³/mol. The van der Waals surface area contributed by atoms with Crippen molar-refractivity contribution in [3.8, 4) is 5.75 Å². The molecule has 1 saturated heterocycles. The zero-order chi connectivity index (χ0) is 21.3. The van der Waals surface area contributed by atoms with Crippen LogP contribution in [-0.2, 0) is 21.2 Å². The lowest BCUT2D eigenvalue weighted by Gasteiger charge is -2.34. The maximum Gasteiger partial charge on any atom is 0.243 e. The lowest BCUT2D eigenvalue weighted by molar-refractivity contribution is -0.123. The molecule has 0 bridgehead atoms. The minimum absolute atomic E-state index is 0.116. The molecule has 2 aromatic rings. The largest absolute Gasteiger partial charge is 0.494 e. The smallest absolute Gasteiger partial charge is 0.243 e. The van der Waals surface area contributed by atoms with Crippen LogP contribution in [0.15, 0.2) is 53.4 Å². The highest BCUT2D eigenvalue weighted by Crippen LogP contribution is 2.35. The van der Waals surface area contributed by atoms with Gasteiger partial charge in [0.15, 0.2) is 0 Å². The molecule has 0 aliphatic carbocycles. The van der Waals surface area contributed by atoms with Crippen LogP contribution >= 0.6 is 0 Å². The van der Waals surface area contributed by atoms with Crippen LogP contribution in [0.3, 0.4) is 0 Å². The Morgan fingerprint density at radius 1 is 1.07 bits per heavy atom. The van der Waals surface area contributed by atoms with Gasteiger partial charge < -0.3 is 9.64 Å². The van der Waals surface area contributed by atoms with Gasteiger partial charge in [0.25, 0.3) is 0 Å². The molecular weight excluding hydrogens is 400 g/mol. The standard InChI is InChI=1S/C23H28N2O4S/c1-3-29-20-8-10-21(11-9-20)30(27,28)24-14-12-18(13-15-24)23(26)25-17(2)16-19-6-4-5-7-22(19)25/h4-11,17-18H,3,12-16H2,1-2H3. The number of hydrogen-bond donors (Lipinski definition) is 0. The minimum atomic E-state index is -3.57. The Kier molecular flexibility index (Phi) is 5.84. The Hall–Kier alpha value is -2.38. The third kappa shape index (κ3) is 3.84. The molecule has 2 aliphatic rings. The van der Waals surface area contributed by atoms with Gasteiger partial charge >= 0.3 is 0 Å². The first-order valence-corrected chi connectivity index (χ1v) is 12.0. The van der Waals surface area contributed by atoms with Gasteiger partial charge in [-0.15, -0.1) is 0 Å². The third-order valence-corrected chi connectivity index (χ3v) is 7.93. The molecule has 2 aromatic carbocycles. The van der Waals surface area contributed by atoms with Crippen molar-refractivity contribution in [1.29, 1.82) is 0 Å². The molecule has 1 atom stereocenters. The van der Waals surface area contributed by atoms with Gasteiger partial charge in [-0.05, 0) is 69.0 Å². The molecule has 0 radical (unpaired) electrons. The quantitative estimate of drug-likeness (QED) is 0.731. The summed E-state index contributed by atoms with van der Waals surface area (Å²) in [5, 5.41) is 0. The predicted octanol–water partition coefficient (Wildman–Crippen LogP) is 3.46. The molecule has 6 nitrogen and oxygen atoms in total. The molecule has 0 saturated carbocycles. The number of fused-ring (bicyclic) bond motifs is 1. The van der Waals surface area contributed by atoms with Crippen LogP contribution in [0.5, 0.6) is 5.75 Å². The summed E-state index contributed by atoms with van der Waals surface area (Å²) in [5.41, 5.74) is 2.20. The molecule has 2 aliphatic heterocycles. The minimum Gasteiger partial charge on any atom is -0.494 e. The highest BCUT2D eigenvalue weighted by atomic mass is 32.2. The fraction of sp³-hybridized carbons (Fsp3) is 0.435. The number of sulfonamides is 1.